The van der Waals surface area contributed by atoms with Gasteiger partial charge < -0.3 is 0 Å². The van der Waals surface area contributed by atoms with Crippen molar-refractivity contribution < 1.29 is 10.0 Å². The Kier molecular flexibility index (Phi) is 4.93. The summed E-state index contributed by atoms with van der Waals surface area (Å²) in [5.41, 5.74) is 3.57. The summed E-state index contributed by atoms with van der Waals surface area (Å²) in [6.07, 6.45) is 9.98. The molecule has 3 heteroatoms. The standard InChI is InChI=1S/C16H19NO2/c18-16(17-19)15-11-9-14(10-12-15)8-4-7-13-5-2-1-3-6-13/h1-3,5-6,9,11-12,14,19H,4,7-8,10H2,(H,17,18). The topological polar surface area (TPSA) is 49.3 Å². The predicted molar refractivity (Wildman–Crippen MR) is 74.6 cm³/mol. The van der Waals surface area contributed by atoms with Crippen LogP contribution in [0.3, 0.4) is 0 Å². The Morgan fingerprint density at radius 3 is 2.74 bits per heavy atom. The molecule has 1 amide bonds. The molecule has 2 rings (SSSR count). The van der Waals surface area contributed by atoms with Crippen molar-refractivity contribution in [2.45, 2.75) is 25.7 Å². The number of aryl methyl sites for hydroxylation is 1. The first-order chi connectivity index (χ1) is 9.29. The highest BCUT2D eigenvalue weighted by Crippen LogP contribution is 2.21. The van der Waals surface area contributed by atoms with Crippen LogP contribution < -0.4 is 5.48 Å². The monoisotopic (exact) mass is 257 g/mol. The fourth-order valence-electron chi connectivity index (χ4n) is 2.32. The molecule has 0 saturated heterocycles. The average Bonchev–Trinajstić information content (AvgIpc) is 2.48. The Hall–Kier alpha value is -1.87. The van der Waals surface area contributed by atoms with Gasteiger partial charge in [-0.25, -0.2) is 5.48 Å². The van der Waals surface area contributed by atoms with Crippen LogP contribution in [0.25, 0.3) is 0 Å². The lowest BCUT2D eigenvalue weighted by Gasteiger charge is -2.15. The van der Waals surface area contributed by atoms with Crippen LogP contribution in [0.15, 0.2) is 54.1 Å². The zero-order chi connectivity index (χ0) is 13.5. The first-order valence-corrected chi connectivity index (χ1v) is 6.66. The number of allylic oxidation sites excluding steroid dienone is 2. The van der Waals surface area contributed by atoms with E-state index in [0.717, 1.165) is 25.7 Å². The van der Waals surface area contributed by atoms with Gasteiger partial charge in [-0.05, 0) is 37.2 Å². The van der Waals surface area contributed by atoms with Gasteiger partial charge in [0, 0.05) is 5.57 Å². The molecule has 1 unspecified atom stereocenters. The zero-order valence-electron chi connectivity index (χ0n) is 10.9. The highest BCUT2D eigenvalue weighted by molar-refractivity contribution is 5.95. The number of benzene rings is 1. The molecule has 0 saturated carbocycles. The van der Waals surface area contributed by atoms with Crippen molar-refractivity contribution in [3.05, 3.63) is 59.7 Å². The summed E-state index contributed by atoms with van der Waals surface area (Å²) >= 11 is 0. The van der Waals surface area contributed by atoms with Gasteiger partial charge in [0.25, 0.3) is 5.91 Å². The number of hydrogen-bond donors (Lipinski definition) is 2. The molecule has 0 spiro atoms. The van der Waals surface area contributed by atoms with Crippen molar-refractivity contribution in [3.63, 3.8) is 0 Å². The Balaban J connectivity index is 1.74. The van der Waals surface area contributed by atoms with E-state index in [1.165, 1.54) is 5.56 Å². The van der Waals surface area contributed by atoms with E-state index >= 15 is 0 Å². The summed E-state index contributed by atoms with van der Waals surface area (Å²) in [6.45, 7) is 0. The molecule has 1 atom stereocenters. The fourth-order valence-corrected chi connectivity index (χ4v) is 2.32. The van der Waals surface area contributed by atoms with Crippen molar-refractivity contribution in [3.8, 4) is 0 Å². The quantitative estimate of drug-likeness (QED) is 0.629. The second-order valence-electron chi connectivity index (χ2n) is 4.83. The number of hydroxylamine groups is 1. The lowest BCUT2D eigenvalue weighted by Crippen LogP contribution is -2.21. The van der Waals surface area contributed by atoms with E-state index in [9.17, 15) is 4.79 Å². The minimum absolute atomic E-state index is 0.431. The molecule has 0 heterocycles. The molecule has 3 nitrogen and oxygen atoms in total. The normalized spacial score (nSPS) is 17.9. The van der Waals surface area contributed by atoms with Crippen LogP contribution in [-0.4, -0.2) is 11.1 Å². The molecule has 0 fully saturated rings. The average molecular weight is 257 g/mol. The molecule has 1 aliphatic carbocycles. The summed E-state index contributed by atoms with van der Waals surface area (Å²) in [7, 11) is 0. The van der Waals surface area contributed by atoms with E-state index in [1.54, 1.807) is 11.6 Å². The number of nitrogens with one attached hydrogen (secondary N) is 1. The summed E-state index contributed by atoms with van der Waals surface area (Å²) < 4.78 is 0. The largest absolute Gasteiger partial charge is 0.288 e. The summed E-state index contributed by atoms with van der Waals surface area (Å²) in [6, 6.07) is 10.5. The van der Waals surface area contributed by atoms with Crippen LogP contribution >= 0.6 is 0 Å². The SMILES string of the molecule is O=C(NO)C1=CCC(CCCc2ccccc2)C=C1. The Labute approximate surface area is 113 Å². The van der Waals surface area contributed by atoms with Gasteiger partial charge in [-0.2, -0.15) is 0 Å². The maximum Gasteiger partial charge on any atom is 0.274 e. The van der Waals surface area contributed by atoms with Gasteiger partial charge in [-0.3, -0.25) is 10.0 Å². The van der Waals surface area contributed by atoms with Crippen molar-refractivity contribution in [1.82, 2.24) is 5.48 Å². The van der Waals surface area contributed by atoms with E-state index in [4.69, 9.17) is 5.21 Å². The third-order valence-corrected chi connectivity index (χ3v) is 3.44. The van der Waals surface area contributed by atoms with Crippen LogP contribution in [0.1, 0.15) is 24.8 Å². The Morgan fingerprint density at radius 1 is 1.32 bits per heavy atom. The van der Waals surface area contributed by atoms with E-state index in [1.807, 2.05) is 12.1 Å². The molecular weight excluding hydrogens is 238 g/mol. The highest BCUT2D eigenvalue weighted by atomic mass is 16.5. The molecule has 0 bridgehead atoms. The van der Waals surface area contributed by atoms with Crippen LogP contribution in [0.2, 0.25) is 0 Å². The first kappa shape index (κ1) is 13.6. The lowest BCUT2D eigenvalue weighted by atomic mass is 9.91. The smallest absolute Gasteiger partial charge is 0.274 e. The van der Waals surface area contributed by atoms with E-state index in [-0.39, 0.29) is 0 Å². The molecule has 1 aromatic rings. The molecule has 2 N–H and O–H groups in total. The van der Waals surface area contributed by atoms with E-state index in [2.05, 4.69) is 30.3 Å². The van der Waals surface area contributed by atoms with Gasteiger partial charge in [-0.1, -0.05) is 48.6 Å². The number of hydrogen-bond acceptors (Lipinski definition) is 2. The Bertz CT molecular complexity index is 477. The highest BCUT2D eigenvalue weighted by Gasteiger charge is 2.12. The molecule has 0 aromatic heterocycles. The molecule has 0 aliphatic heterocycles. The van der Waals surface area contributed by atoms with Crippen molar-refractivity contribution >= 4 is 5.91 Å². The van der Waals surface area contributed by atoms with Gasteiger partial charge in [0.2, 0.25) is 0 Å². The van der Waals surface area contributed by atoms with Crippen LogP contribution in [-0.2, 0) is 11.2 Å². The summed E-state index contributed by atoms with van der Waals surface area (Å²) in [4.78, 5) is 11.2. The predicted octanol–water partition coefficient (Wildman–Crippen LogP) is 3.02. The van der Waals surface area contributed by atoms with Crippen molar-refractivity contribution in [2.24, 2.45) is 5.92 Å². The molecule has 1 aromatic carbocycles. The number of rotatable bonds is 5. The summed E-state index contributed by atoms with van der Waals surface area (Å²) in [5.74, 6) is 0.0675. The molecule has 100 valence electrons. The maximum atomic E-state index is 11.2. The lowest BCUT2D eigenvalue weighted by molar-refractivity contribution is -0.124. The van der Waals surface area contributed by atoms with Gasteiger partial charge >= 0.3 is 0 Å². The van der Waals surface area contributed by atoms with Crippen LogP contribution in [0, 0.1) is 5.92 Å². The fraction of sp³-hybridized carbons (Fsp3) is 0.312. The molecule has 0 radical (unpaired) electrons. The second-order valence-corrected chi connectivity index (χ2v) is 4.83. The minimum Gasteiger partial charge on any atom is -0.288 e. The third kappa shape index (κ3) is 4.07. The van der Waals surface area contributed by atoms with Crippen LogP contribution in [0.4, 0.5) is 0 Å². The van der Waals surface area contributed by atoms with Gasteiger partial charge in [0.05, 0.1) is 0 Å². The second kappa shape index (κ2) is 6.90. The maximum absolute atomic E-state index is 11.2. The van der Waals surface area contributed by atoms with Crippen LogP contribution in [0.5, 0.6) is 0 Å². The minimum atomic E-state index is -0.431. The summed E-state index contributed by atoms with van der Waals surface area (Å²) in [5, 5.41) is 8.55. The van der Waals surface area contributed by atoms with Crippen molar-refractivity contribution in [2.75, 3.05) is 0 Å². The van der Waals surface area contributed by atoms with Gasteiger partial charge in [-0.15, -0.1) is 0 Å². The number of carbonyl (C=O) groups excluding carboxylic acids is 1. The number of carbonyl (C=O) groups is 1. The third-order valence-electron chi connectivity index (χ3n) is 3.44. The van der Waals surface area contributed by atoms with E-state index in [0.29, 0.717) is 11.5 Å². The molecule has 1 aliphatic rings. The molecular formula is C16H19NO2. The van der Waals surface area contributed by atoms with E-state index < -0.39 is 5.91 Å². The first-order valence-electron chi connectivity index (χ1n) is 6.66. The zero-order valence-corrected chi connectivity index (χ0v) is 10.9. The van der Waals surface area contributed by atoms with Gasteiger partial charge in [0.15, 0.2) is 0 Å². The molecule has 19 heavy (non-hydrogen) atoms. The van der Waals surface area contributed by atoms with Gasteiger partial charge in [0.1, 0.15) is 0 Å². The number of amides is 1. The Morgan fingerprint density at radius 2 is 2.11 bits per heavy atom. The van der Waals surface area contributed by atoms with Crippen molar-refractivity contribution in [1.29, 1.82) is 0 Å².